The lowest BCUT2D eigenvalue weighted by atomic mass is 9.89. The molecule has 0 bridgehead atoms. The van der Waals surface area contributed by atoms with Gasteiger partial charge in [-0.15, -0.1) is 0 Å². The zero-order valence-electron chi connectivity index (χ0n) is 10.2. The van der Waals surface area contributed by atoms with Gasteiger partial charge in [-0.25, -0.2) is 0 Å². The molecule has 1 aromatic rings. The van der Waals surface area contributed by atoms with Gasteiger partial charge in [0.15, 0.2) is 0 Å². The zero-order chi connectivity index (χ0) is 15.1. The number of phenolic OH excluding ortho intramolecular Hbond substituents is 1. The highest BCUT2D eigenvalue weighted by atomic mass is 35.5. The van der Waals surface area contributed by atoms with E-state index in [0.717, 1.165) is 18.9 Å². The van der Waals surface area contributed by atoms with E-state index in [1.54, 1.807) is 0 Å². The summed E-state index contributed by atoms with van der Waals surface area (Å²) in [4.78, 5) is 10.8. The fourth-order valence-electron chi connectivity index (χ4n) is 2.29. The van der Waals surface area contributed by atoms with Crippen molar-refractivity contribution in [1.29, 1.82) is 0 Å². The zero-order valence-corrected chi connectivity index (χ0v) is 11.0. The first-order valence-corrected chi connectivity index (χ1v) is 6.39. The quantitative estimate of drug-likeness (QED) is 0.883. The number of rotatable bonds is 4. The van der Waals surface area contributed by atoms with Crippen molar-refractivity contribution < 1.29 is 28.2 Å². The highest BCUT2D eigenvalue weighted by Crippen LogP contribution is 2.48. The Morgan fingerprint density at radius 3 is 2.45 bits per heavy atom. The van der Waals surface area contributed by atoms with Crippen LogP contribution in [0.25, 0.3) is 0 Å². The van der Waals surface area contributed by atoms with Crippen molar-refractivity contribution in [2.24, 2.45) is 5.92 Å². The molecule has 1 unspecified atom stereocenters. The molecule has 1 atom stereocenters. The summed E-state index contributed by atoms with van der Waals surface area (Å²) in [6.07, 6.45) is -3.40. The number of halogens is 4. The number of hydrogen-bond acceptors (Lipinski definition) is 2. The Morgan fingerprint density at radius 1 is 1.40 bits per heavy atom. The van der Waals surface area contributed by atoms with Crippen molar-refractivity contribution in [3.8, 4) is 5.75 Å². The van der Waals surface area contributed by atoms with Crippen LogP contribution in [-0.4, -0.2) is 16.2 Å². The normalized spacial score (nSPS) is 17.0. The molecule has 3 nitrogen and oxygen atoms in total. The standard InChI is InChI=1S/C13H12ClF3O3/c14-10-4-7(3-9(12(10)20)13(15,16)17)8(5-11(18)19)6-1-2-6/h3-4,6,8,20H,1-2,5H2,(H,18,19). The summed E-state index contributed by atoms with van der Waals surface area (Å²) >= 11 is 5.63. The van der Waals surface area contributed by atoms with Crippen molar-refractivity contribution in [2.75, 3.05) is 0 Å². The van der Waals surface area contributed by atoms with Gasteiger partial charge in [0.25, 0.3) is 0 Å². The number of phenols is 1. The molecule has 0 aromatic heterocycles. The first kappa shape index (κ1) is 15.0. The largest absolute Gasteiger partial charge is 0.506 e. The maximum Gasteiger partial charge on any atom is 0.420 e. The molecule has 2 N–H and O–H groups in total. The summed E-state index contributed by atoms with van der Waals surface area (Å²) in [6, 6.07) is 2.02. The van der Waals surface area contributed by atoms with Gasteiger partial charge in [0, 0.05) is 0 Å². The van der Waals surface area contributed by atoms with Gasteiger partial charge in [-0.3, -0.25) is 4.79 Å². The van der Waals surface area contributed by atoms with Gasteiger partial charge in [0.05, 0.1) is 17.0 Å². The highest BCUT2D eigenvalue weighted by molar-refractivity contribution is 6.32. The lowest BCUT2D eigenvalue weighted by molar-refractivity contribution is -0.139. The van der Waals surface area contributed by atoms with Crippen molar-refractivity contribution in [3.63, 3.8) is 0 Å². The van der Waals surface area contributed by atoms with E-state index in [1.807, 2.05) is 0 Å². The number of carboxylic acid groups (broad SMARTS) is 1. The average Bonchev–Trinajstić information content (AvgIpc) is 3.11. The molecule has 1 aromatic carbocycles. The Labute approximate surface area is 118 Å². The molecule has 1 saturated carbocycles. The van der Waals surface area contributed by atoms with Gasteiger partial charge < -0.3 is 10.2 Å². The molecule has 0 heterocycles. The van der Waals surface area contributed by atoms with Gasteiger partial charge in [0.2, 0.25) is 0 Å². The van der Waals surface area contributed by atoms with Crippen LogP contribution in [0.5, 0.6) is 5.75 Å². The molecule has 1 aliphatic carbocycles. The van der Waals surface area contributed by atoms with Gasteiger partial charge in [-0.1, -0.05) is 11.6 Å². The summed E-state index contributed by atoms with van der Waals surface area (Å²) < 4.78 is 38.4. The van der Waals surface area contributed by atoms with E-state index in [1.165, 1.54) is 6.07 Å². The number of benzene rings is 1. The Balaban J connectivity index is 2.45. The van der Waals surface area contributed by atoms with Crippen LogP contribution in [0.1, 0.15) is 36.3 Å². The predicted molar refractivity (Wildman–Crippen MR) is 65.8 cm³/mol. The van der Waals surface area contributed by atoms with Crippen molar-refractivity contribution in [1.82, 2.24) is 0 Å². The van der Waals surface area contributed by atoms with E-state index >= 15 is 0 Å². The van der Waals surface area contributed by atoms with Crippen molar-refractivity contribution >= 4 is 17.6 Å². The second-order valence-electron chi connectivity index (χ2n) is 4.94. The van der Waals surface area contributed by atoms with Crippen molar-refractivity contribution in [3.05, 3.63) is 28.3 Å². The first-order valence-electron chi connectivity index (χ1n) is 6.01. The Morgan fingerprint density at radius 2 is 2.00 bits per heavy atom. The van der Waals surface area contributed by atoms with Crippen LogP contribution in [0.4, 0.5) is 13.2 Å². The van der Waals surface area contributed by atoms with Crippen molar-refractivity contribution in [2.45, 2.75) is 31.4 Å². The smallest absolute Gasteiger partial charge is 0.420 e. The minimum Gasteiger partial charge on any atom is -0.506 e. The lowest BCUT2D eigenvalue weighted by Crippen LogP contribution is -2.11. The van der Waals surface area contributed by atoms with E-state index < -0.39 is 34.4 Å². The summed E-state index contributed by atoms with van der Waals surface area (Å²) in [5.74, 6) is -2.54. The number of alkyl halides is 3. The second kappa shape index (κ2) is 5.16. The fourth-order valence-corrected chi connectivity index (χ4v) is 2.52. The first-order chi connectivity index (χ1) is 9.20. The Bertz CT molecular complexity index is 538. The number of carboxylic acids is 1. The molecule has 7 heteroatoms. The van der Waals surface area contributed by atoms with Crippen LogP contribution in [0.3, 0.4) is 0 Å². The van der Waals surface area contributed by atoms with E-state index in [9.17, 15) is 23.1 Å². The van der Waals surface area contributed by atoms with Crippen LogP contribution in [0.15, 0.2) is 12.1 Å². The lowest BCUT2D eigenvalue weighted by Gasteiger charge is -2.18. The third-order valence-corrected chi connectivity index (χ3v) is 3.69. The van der Waals surface area contributed by atoms with E-state index in [0.29, 0.717) is 0 Å². The van der Waals surface area contributed by atoms with Crippen LogP contribution in [0, 0.1) is 5.92 Å². The maximum absolute atomic E-state index is 12.8. The molecule has 0 amide bonds. The molecule has 110 valence electrons. The molecule has 2 rings (SSSR count). The van der Waals surface area contributed by atoms with Crippen LogP contribution >= 0.6 is 11.6 Å². The number of carbonyl (C=O) groups is 1. The number of aliphatic carboxylic acids is 1. The molecule has 20 heavy (non-hydrogen) atoms. The fraction of sp³-hybridized carbons (Fsp3) is 0.462. The Kier molecular flexibility index (Phi) is 3.86. The third-order valence-electron chi connectivity index (χ3n) is 3.40. The Hall–Kier alpha value is -1.43. The summed E-state index contributed by atoms with van der Waals surface area (Å²) in [5.41, 5.74) is -1.01. The van der Waals surface area contributed by atoms with Gasteiger partial charge in [0.1, 0.15) is 5.75 Å². The van der Waals surface area contributed by atoms with Crippen LogP contribution in [0.2, 0.25) is 5.02 Å². The molecule has 0 saturated heterocycles. The van der Waals surface area contributed by atoms with Crippen LogP contribution in [-0.2, 0) is 11.0 Å². The molecule has 0 aliphatic heterocycles. The van der Waals surface area contributed by atoms with Gasteiger partial charge in [-0.05, 0) is 42.4 Å². The predicted octanol–water partition coefficient (Wildman–Crippen LogP) is 4.03. The average molecular weight is 309 g/mol. The van der Waals surface area contributed by atoms with E-state index in [2.05, 4.69) is 0 Å². The molecule has 0 radical (unpaired) electrons. The molecular weight excluding hydrogens is 297 g/mol. The third kappa shape index (κ3) is 3.17. The summed E-state index contributed by atoms with van der Waals surface area (Å²) in [6.45, 7) is 0. The summed E-state index contributed by atoms with van der Waals surface area (Å²) in [5, 5.41) is 17.9. The van der Waals surface area contributed by atoms with Crippen LogP contribution < -0.4 is 0 Å². The van der Waals surface area contributed by atoms with Gasteiger partial charge >= 0.3 is 12.1 Å². The molecular formula is C13H12ClF3O3. The molecule has 1 aliphatic rings. The van der Waals surface area contributed by atoms with Gasteiger partial charge in [-0.2, -0.15) is 13.2 Å². The molecule has 1 fully saturated rings. The van der Waals surface area contributed by atoms with E-state index in [-0.39, 0.29) is 17.9 Å². The summed E-state index contributed by atoms with van der Waals surface area (Å²) in [7, 11) is 0. The second-order valence-corrected chi connectivity index (χ2v) is 5.35. The number of aromatic hydroxyl groups is 1. The molecule has 0 spiro atoms. The maximum atomic E-state index is 12.8. The SMILES string of the molecule is O=C(O)CC(c1cc(Cl)c(O)c(C(F)(F)F)c1)C1CC1. The topological polar surface area (TPSA) is 57.5 Å². The minimum absolute atomic E-state index is 0.0628. The number of hydrogen-bond donors (Lipinski definition) is 2. The monoisotopic (exact) mass is 308 g/mol. The minimum atomic E-state index is -4.74. The van der Waals surface area contributed by atoms with E-state index in [4.69, 9.17) is 16.7 Å². The highest BCUT2D eigenvalue weighted by Gasteiger charge is 2.38.